The Labute approximate surface area is 131 Å². The Morgan fingerprint density at radius 1 is 0.700 bits per heavy atom. The first-order valence-corrected chi connectivity index (χ1v) is 16.7. The maximum Gasteiger partial charge on any atom is -0.00208 e. The van der Waals surface area contributed by atoms with Crippen LogP contribution < -0.4 is 0 Å². The summed E-state index contributed by atoms with van der Waals surface area (Å²) < 4.78 is 6.80. The normalized spacial score (nSPS) is 10.6. The van der Waals surface area contributed by atoms with E-state index in [-0.39, 0.29) is 0 Å². The third-order valence-electron chi connectivity index (χ3n) is 4.24. The summed E-state index contributed by atoms with van der Waals surface area (Å²) >= 11 is -1.69. The smallest absolute Gasteiger partial charge is 0.00208 e. The summed E-state index contributed by atoms with van der Waals surface area (Å²) in [5.74, 6) is 0. The molecule has 0 saturated carbocycles. The van der Waals surface area contributed by atoms with E-state index in [2.05, 4.69) is 27.7 Å². The van der Waals surface area contributed by atoms with Crippen molar-refractivity contribution < 1.29 is 0 Å². The quantitative estimate of drug-likeness (QED) is 0.155. The van der Waals surface area contributed by atoms with Crippen molar-refractivity contribution in [2.75, 3.05) is 0 Å². The summed E-state index contributed by atoms with van der Waals surface area (Å²) in [6.07, 6.45) is 11.8. The average Bonchev–Trinajstić information content (AvgIpc) is 2.46. The van der Waals surface area contributed by atoms with Gasteiger partial charge in [0.15, 0.2) is 0 Å². The van der Waals surface area contributed by atoms with Gasteiger partial charge in [0.2, 0.25) is 0 Å². The van der Waals surface area contributed by atoms with Crippen molar-refractivity contribution >= 4 is 18.4 Å². The molecule has 1 N–H and O–H groups in total. The van der Waals surface area contributed by atoms with Gasteiger partial charge in [-0.3, -0.25) is 0 Å². The van der Waals surface area contributed by atoms with E-state index in [1.165, 1.54) is 51.4 Å². The van der Waals surface area contributed by atoms with Crippen molar-refractivity contribution in [3.63, 3.8) is 0 Å². The fourth-order valence-corrected chi connectivity index (χ4v) is 19.8. The first-order valence-electron chi connectivity index (χ1n) is 8.67. The molecule has 0 saturated heterocycles. The SMILES string of the molecule is CCC[CH2][Sn]([CH2]CCC)([CH2]CCC)[CH2]CCC.[N-]=[N+]=N. The van der Waals surface area contributed by atoms with Gasteiger partial charge in [0.25, 0.3) is 0 Å². The van der Waals surface area contributed by atoms with E-state index in [1.54, 1.807) is 22.7 Å². The average molecular weight is 390 g/mol. The second-order valence-electron chi connectivity index (χ2n) is 6.01. The number of hydrogen-bond acceptors (Lipinski definition) is 1. The monoisotopic (exact) mass is 391 g/mol. The van der Waals surface area contributed by atoms with Crippen LogP contribution in [0.25, 0.3) is 10.4 Å². The molecule has 0 aliphatic heterocycles. The molecule has 0 spiro atoms. The van der Waals surface area contributed by atoms with Gasteiger partial charge in [-0.2, -0.15) is 0 Å². The van der Waals surface area contributed by atoms with E-state index >= 15 is 0 Å². The molecule has 0 amide bonds. The third kappa shape index (κ3) is 13.1. The largest absolute Gasteiger partial charge is 0.108 e. The Kier molecular flexibility index (Phi) is 19.2. The fourth-order valence-electron chi connectivity index (χ4n) is 2.96. The second-order valence-corrected chi connectivity index (χ2v) is 20.3. The predicted molar refractivity (Wildman–Crippen MR) is 94.1 cm³/mol. The maximum atomic E-state index is 6.86. The molecule has 0 rings (SSSR count). The molecule has 0 heterocycles. The molecular formula is C16H37N3Sn. The van der Waals surface area contributed by atoms with Gasteiger partial charge < -0.3 is 0 Å². The van der Waals surface area contributed by atoms with Crippen molar-refractivity contribution in [3.05, 3.63) is 10.4 Å². The van der Waals surface area contributed by atoms with Crippen LogP contribution >= 0.6 is 0 Å². The molecule has 0 atom stereocenters. The molecule has 4 heteroatoms. The number of nitrogens with one attached hydrogen (secondary N) is 1. The zero-order valence-electron chi connectivity index (χ0n) is 14.4. The van der Waals surface area contributed by atoms with Crippen LogP contribution in [0, 0.1) is 5.53 Å². The van der Waals surface area contributed by atoms with E-state index < -0.39 is 18.4 Å². The van der Waals surface area contributed by atoms with Gasteiger partial charge in [-0.25, -0.2) is 0 Å². The number of hydrogen-bond donors (Lipinski definition) is 1. The summed E-state index contributed by atoms with van der Waals surface area (Å²) in [4.78, 5) is 1.75. The van der Waals surface area contributed by atoms with Crippen molar-refractivity contribution in [2.45, 2.75) is 96.8 Å². The topological polar surface area (TPSA) is 60.3 Å². The van der Waals surface area contributed by atoms with Crippen LogP contribution in [0.2, 0.25) is 17.7 Å². The molecule has 0 fully saturated rings. The first-order chi connectivity index (χ1) is 9.66. The van der Waals surface area contributed by atoms with Crippen LogP contribution in [0.5, 0.6) is 0 Å². The molecule has 0 aromatic carbocycles. The Hall–Kier alpha value is 0.109. The Morgan fingerprint density at radius 2 is 0.900 bits per heavy atom. The van der Waals surface area contributed by atoms with Crippen molar-refractivity contribution in [1.29, 1.82) is 5.53 Å². The summed E-state index contributed by atoms with van der Waals surface area (Å²) in [6.45, 7) is 9.48. The standard InChI is InChI=1S/4C4H9.HN3.Sn/c4*1-3-4-2;1-3-2;/h4*1,3-4H2,2H3;1H;. The molecule has 0 aromatic heterocycles. The van der Waals surface area contributed by atoms with Crippen LogP contribution in [0.4, 0.5) is 0 Å². The zero-order chi connectivity index (χ0) is 15.7. The van der Waals surface area contributed by atoms with Gasteiger partial charge in [-0.1, -0.05) is 0 Å². The minimum atomic E-state index is -1.69. The zero-order valence-corrected chi connectivity index (χ0v) is 17.2. The van der Waals surface area contributed by atoms with Crippen molar-refractivity contribution in [1.82, 2.24) is 0 Å². The van der Waals surface area contributed by atoms with Crippen LogP contribution in [-0.4, -0.2) is 18.4 Å². The van der Waals surface area contributed by atoms with E-state index in [9.17, 15) is 0 Å². The van der Waals surface area contributed by atoms with E-state index in [0.717, 1.165) is 0 Å². The minimum Gasteiger partial charge on any atom is -0.108 e. The van der Waals surface area contributed by atoms with E-state index in [4.69, 9.17) is 11.1 Å². The van der Waals surface area contributed by atoms with Crippen LogP contribution in [-0.2, 0) is 0 Å². The van der Waals surface area contributed by atoms with E-state index in [1.807, 2.05) is 0 Å². The number of nitrogens with zero attached hydrogens (tertiary/aromatic N) is 2. The number of unbranched alkanes of at least 4 members (excludes halogenated alkanes) is 4. The van der Waals surface area contributed by atoms with E-state index in [0.29, 0.717) is 0 Å². The van der Waals surface area contributed by atoms with Gasteiger partial charge >= 0.3 is 115 Å². The van der Waals surface area contributed by atoms with Gasteiger partial charge in [0.05, 0.1) is 0 Å². The minimum absolute atomic E-state index is 1.42. The maximum absolute atomic E-state index is 6.86. The molecule has 0 radical (unpaired) electrons. The summed E-state index contributed by atoms with van der Waals surface area (Å²) in [6, 6.07) is 0. The molecule has 0 aliphatic carbocycles. The first kappa shape index (κ1) is 22.4. The summed E-state index contributed by atoms with van der Waals surface area (Å²) in [5.41, 5.74) is 12.2. The van der Waals surface area contributed by atoms with Gasteiger partial charge in [-0.05, 0) is 10.4 Å². The summed E-state index contributed by atoms with van der Waals surface area (Å²) in [5, 5.41) is 0. The Bertz CT molecular complexity index is 188. The van der Waals surface area contributed by atoms with Crippen LogP contribution in [0.15, 0.2) is 0 Å². The molecular weight excluding hydrogens is 353 g/mol. The van der Waals surface area contributed by atoms with Gasteiger partial charge in [-0.15, -0.1) is 5.53 Å². The molecule has 120 valence electrons. The predicted octanol–water partition coefficient (Wildman–Crippen LogP) is 7.51. The molecule has 0 aromatic rings. The summed E-state index contributed by atoms with van der Waals surface area (Å²) in [7, 11) is 0. The molecule has 0 bridgehead atoms. The fraction of sp³-hybridized carbons (Fsp3) is 1.00. The van der Waals surface area contributed by atoms with Crippen LogP contribution in [0.3, 0.4) is 0 Å². The number of rotatable bonds is 12. The Balaban J connectivity index is 0. The van der Waals surface area contributed by atoms with Crippen LogP contribution in [0.1, 0.15) is 79.1 Å². The molecule has 0 unspecified atom stereocenters. The molecule has 3 nitrogen and oxygen atoms in total. The Morgan fingerprint density at radius 3 is 1.05 bits per heavy atom. The van der Waals surface area contributed by atoms with Crippen molar-refractivity contribution in [2.24, 2.45) is 0 Å². The molecule has 0 aliphatic rings. The van der Waals surface area contributed by atoms with Gasteiger partial charge in [0.1, 0.15) is 0 Å². The van der Waals surface area contributed by atoms with Gasteiger partial charge in [0, 0.05) is 0 Å². The second kappa shape index (κ2) is 17.2. The van der Waals surface area contributed by atoms with Crippen molar-refractivity contribution in [3.8, 4) is 0 Å². The third-order valence-corrected chi connectivity index (χ3v) is 20.4. The molecule has 20 heavy (non-hydrogen) atoms.